The van der Waals surface area contributed by atoms with Gasteiger partial charge in [-0.3, -0.25) is 4.57 Å². The predicted octanol–water partition coefficient (Wildman–Crippen LogP) is 7.53. The van der Waals surface area contributed by atoms with Crippen molar-refractivity contribution in [2.45, 2.75) is 23.8 Å². The minimum atomic E-state index is -0.928. The molecule has 4 aromatic rings. The standard InChI is InChI=1S/C24H17ClF4N2S/c1-14(15-3-9-21(28)22(29)10-15)23-12-30-24(31(23)19-7-5-17(26)6-8-19)32-13-16-2-4-18(27)11-20(16)25/h2-12,14H,13H2,1H3. The molecular weight excluding hydrogens is 460 g/mol. The first-order chi connectivity index (χ1) is 15.3. The van der Waals surface area contributed by atoms with E-state index in [4.69, 9.17) is 11.6 Å². The summed E-state index contributed by atoms with van der Waals surface area (Å²) in [4.78, 5) is 4.51. The van der Waals surface area contributed by atoms with E-state index in [2.05, 4.69) is 4.98 Å². The van der Waals surface area contributed by atoms with Crippen LogP contribution < -0.4 is 0 Å². The summed E-state index contributed by atoms with van der Waals surface area (Å²) in [6.45, 7) is 1.86. The van der Waals surface area contributed by atoms with Crippen molar-refractivity contribution in [1.82, 2.24) is 9.55 Å². The number of imidazole rings is 1. The molecule has 0 saturated heterocycles. The van der Waals surface area contributed by atoms with Gasteiger partial charge >= 0.3 is 0 Å². The fraction of sp³-hybridized carbons (Fsp3) is 0.125. The number of benzene rings is 3. The summed E-state index contributed by atoms with van der Waals surface area (Å²) in [5.41, 5.74) is 2.70. The Morgan fingerprint density at radius 2 is 1.62 bits per heavy atom. The minimum Gasteiger partial charge on any atom is -0.291 e. The van der Waals surface area contributed by atoms with Crippen LogP contribution >= 0.6 is 23.4 Å². The van der Waals surface area contributed by atoms with E-state index >= 15 is 0 Å². The van der Waals surface area contributed by atoms with Crippen molar-refractivity contribution in [1.29, 1.82) is 0 Å². The molecule has 0 radical (unpaired) electrons. The average molecular weight is 477 g/mol. The lowest BCUT2D eigenvalue weighted by molar-refractivity contribution is 0.506. The fourth-order valence-corrected chi connectivity index (χ4v) is 4.65. The summed E-state index contributed by atoms with van der Waals surface area (Å²) in [6, 6.07) is 13.9. The molecule has 0 saturated carbocycles. The molecule has 0 amide bonds. The molecule has 1 unspecified atom stereocenters. The summed E-state index contributed by atoms with van der Waals surface area (Å²) in [5, 5.41) is 0.911. The Balaban J connectivity index is 1.72. The van der Waals surface area contributed by atoms with Gasteiger partial charge in [0.05, 0.1) is 11.9 Å². The maximum absolute atomic E-state index is 13.8. The van der Waals surface area contributed by atoms with Gasteiger partial charge in [0.1, 0.15) is 11.6 Å². The van der Waals surface area contributed by atoms with Crippen LogP contribution in [-0.2, 0) is 5.75 Å². The number of nitrogens with zero attached hydrogens (tertiary/aromatic N) is 2. The molecule has 0 fully saturated rings. The van der Waals surface area contributed by atoms with E-state index in [9.17, 15) is 17.6 Å². The molecule has 3 aromatic carbocycles. The molecule has 4 rings (SSSR count). The van der Waals surface area contributed by atoms with Gasteiger partial charge in [0, 0.05) is 22.4 Å². The molecule has 1 atom stereocenters. The maximum Gasteiger partial charge on any atom is 0.173 e. The zero-order valence-corrected chi connectivity index (χ0v) is 18.4. The first-order valence-corrected chi connectivity index (χ1v) is 11.0. The van der Waals surface area contributed by atoms with E-state index in [0.717, 1.165) is 23.4 Å². The van der Waals surface area contributed by atoms with Crippen molar-refractivity contribution in [2.75, 3.05) is 0 Å². The number of thioether (sulfide) groups is 1. The first kappa shape index (κ1) is 22.4. The topological polar surface area (TPSA) is 17.8 Å². The third kappa shape index (κ3) is 4.69. The second-order valence-electron chi connectivity index (χ2n) is 7.20. The van der Waals surface area contributed by atoms with Crippen molar-refractivity contribution in [3.05, 3.63) is 112 Å². The number of rotatable bonds is 6. The maximum atomic E-state index is 13.8. The third-order valence-electron chi connectivity index (χ3n) is 5.10. The van der Waals surface area contributed by atoms with Gasteiger partial charge in [0.25, 0.3) is 0 Å². The van der Waals surface area contributed by atoms with Crippen LogP contribution in [0.2, 0.25) is 5.02 Å². The van der Waals surface area contributed by atoms with Crippen molar-refractivity contribution >= 4 is 23.4 Å². The van der Waals surface area contributed by atoms with E-state index in [1.807, 2.05) is 11.5 Å². The molecule has 0 aliphatic rings. The Kier molecular flexibility index (Phi) is 6.58. The highest BCUT2D eigenvalue weighted by molar-refractivity contribution is 7.98. The first-order valence-electron chi connectivity index (χ1n) is 9.68. The second kappa shape index (κ2) is 9.38. The smallest absolute Gasteiger partial charge is 0.173 e. The summed E-state index contributed by atoms with van der Waals surface area (Å²) in [7, 11) is 0. The molecule has 2 nitrogen and oxygen atoms in total. The quantitative estimate of drug-likeness (QED) is 0.211. The van der Waals surface area contributed by atoms with Gasteiger partial charge in [-0.2, -0.15) is 0 Å². The Hall–Kier alpha value is -2.77. The van der Waals surface area contributed by atoms with Gasteiger partial charge in [0.2, 0.25) is 0 Å². The highest BCUT2D eigenvalue weighted by Gasteiger charge is 2.20. The number of halogens is 5. The molecule has 0 aliphatic heterocycles. The minimum absolute atomic E-state index is 0.313. The Morgan fingerprint density at radius 3 is 2.31 bits per heavy atom. The Morgan fingerprint density at radius 1 is 0.906 bits per heavy atom. The SMILES string of the molecule is CC(c1ccc(F)c(F)c1)c1cnc(SCc2ccc(F)cc2Cl)n1-c1ccc(F)cc1. The normalized spacial score (nSPS) is 12.2. The van der Waals surface area contributed by atoms with Crippen LogP contribution in [0.25, 0.3) is 5.69 Å². The molecule has 1 aromatic heterocycles. The van der Waals surface area contributed by atoms with Gasteiger partial charge in [-0.1, -0.05) is 42.4 Å². The molecule has 0 spiro atoms. The Labute approximate surface area is 191 Å². The third-order valence-corrected chi connectivity index (χ3v) is 6.45. The lowest BCUT2D eigenvalue weighted by Crippen LogP contribution is -2.07. The molecule has 164 valence electrons. The van der Waals surface area contributed by atoms with Gasteiger partial charge in [-0.25, -0.2) is 22.5 Å². The number of hydrogen-bond donors (Lipinski definition) is 0. The van der Waals surface area contributed by atoms with Gasteiger partial charge in [0.15, 0.2) is 16.8 Å². The van der Waals surface area contributed by atoms with E-state index in [1.165, 1.54) is 42.1 Å². The summed E-state index contributed by atoms with van der Waals surface area (Å²) < 4.78 is 55.9. The Bertz CT molecular complexity index is 1260. The fourth-order valence-electron chi connectivity index (χ4n) is 3.34. The monoisotopic (exact) mass is 476 g/mol. The highest BCUT2D eigenvalue weighted by atomic mass is 35.5. The molecular formula is C24H17ClF4N2S. The van der Waals surface area contributed by atoms with Gasteiger partial charge < -0.3 is 0 Å². The van der Waals surface area contributed by atoms with Crippen LogP contribution in [-0.4, -0.2) is 9.55 Å². The van der Waals surface area contributed by atoms with E-state index in [0.29, 0.717) is 27.2 Å². The van der Waals surface area contributed by atoms with Crippen molar-refractivity contribution in [3.8, 4) is 5.69 Å². The zero-order chi connectivity index (χ0) is 22.8. The van der Waals surface area contributed by atoms with Crippen LogP contribution in [0.3, 0.4) is 0 Å². The lowest BCUT2D eigenvalue weighted by Gasteiger charge is -2.17. The molecule has 0 bridgehead atoms. The average Bonchev–Trinajstić information content (AvgIpc) is 3.19. The van der Waals surface area contributed by atoms with Crippen molar-refractivity contribution < 1.29 is 17.6 Å². The molecule has 8 heteroatoms. The summed E-state index contributed by atoms with van der Waals surface area (Å²) >= 11 is 7.52. The van der Waals surface area contributed by atoms with Crippen LogP contribution in [0.4, 0.5) is 17.6 Å². The summed E-state index contributed by atoms with van der Waals surface area (Å²) in [5.74, 6) is -2.54. The molecule has 0 aliphatic carbocycles. The van der Waals surface area contributed by atoms with Gasteiger partial charge in [-0.05, 0) is 59.7 Å². The van der Waals surface area contributed by atoms with Crippen LogP contribution in [0.5, 0.6) is 0 Å². The van der Waals surface area contributed by atoms with Crippen LogP contribution in [0, 0.1) is 23.3 Å². The zero-order valence-electron chi connectivity index (χ0n) is 16.8. The number of hydrogen-bond acceptors (Lipinski definition) is 2. The van der Waals surface area contributed by atoms with Crippen LogP contribution in [0.1, 0.15) is 29.7 Å². The molecule has 1 heterocycles. The predicted molar refractivity (Wildman–Crippen MR) is 118 cm³/mol. The number of aromatic nitrogens is 2. The lowest BCUT2D eigenvalue weighted by atomic mass is 9.97. The summed E-state index contributed by atoms with van der Waals surface area (Å²) in [6.07, 6.45) is 1.66. The van der Waals surface area contributed by atoms with Crippen LogP contribution in [0.15, 0.2) is 72.0 Å². The van der Waals surface area contributed by atoms with Crippen molar-refractivity contribution in [2.24, 2.45) is 0 Å². The van der Waals surface area contributed by atoms with Crippen molar-refractivity contribution in [3.63, 3.8) is 0 Å². The van der Waals surface area contributed by atoms with Gasteiger partial charge in [-0.15, -0.1) is 0 Å². The second-order valence-corrected chi connectivity index (χ2v) is 8.55. The van der Waals surface area contributed by atoms with E-state index < -0.39 is 17.5 Å². The largest absolute Gasteiger partial charge is 0.291 e. The van der Waals surface area contributed by atoms with E-state index in [1.54, 1.807) is 24.4 Å². The molecule has 0 N–H and O–H groups in total. The molecule has 32 heavy (non-hydrogen) atoms. The van der Waals surface area contributed by atoms with E-state index in [-0.39, 0.29) is 11.7 Å². The highest BCUT2D eigenvalue weighted by Crippen LogP contribution is 2.34.